The zero-order chi connectivity index (χ0) is 14.1. The first kappa shape index (κ1) is 15.7. The standard InChI is InChI=1S/C14H22N2O2S/c1-3-4-5-6-11(2)16-14(18)15-9-13(17)12-7-8-19-10-12/h3,7-8,10-11,13,17H,1,4-6,9H2,2H3,(H2,15,16,18). The van der Waals surface area contributed by atoms with Crippen LogP contribution in [0.1, 0.15) is 37.9 Å². The number of amides is 2. The quantitative estimate of drug-likeness (QED) is 0.507. The highest BCUT2D eigenvalue weighted by atomic mass is 32.1. The van der Waals surface area contributed by atoms with Crippen LogP contribution in [0.4, 0.5) is 4.79 Å². The van der Waals surface area contributed by atoms with E-state index in [1.165, 1.54) is 11.3 Å². The molecule has 0 bridgehead atoms. The molecule has 1 aromatic heterocycles. The molecule has 0 saturated carbocycles. The monoisotopic (exact) mass is 282 g/mol. The van der Waals surface area contributed by atoms with Gasteiger partial charge in [-0.05, 0) is 48.6 Å². The van der Waals surface area contributed by atoms with Crippen molar-refractivity contribution < 1.29 is 9.90 Å². The second-order valence-electron chi connectivity index (χ2n) is 4.55. The smallest absolute Gasteiger partial charge is 0.315 e. The predicted molar refractivity (Wildman–Crippen MR) is 79.3 cm³/mol. The van der Waals surface area contributed by atoms with Gasteiger partial charge in [-0.2, -0.15) is 11.3 Å². The van der Waals surface area contributed by atoms with E-state index in [9.17, 15) is 9.90 Å². The van der Waals surface area contributed by atoms with Crippen molar-refractivity contribution in [2.24, 2.45) is 0 Å². The number of nitrogens with one attached hydrogen (secondary N) is 2. The van der Waals surface area contributed by atoms with Gasteiger partial charge in [0.1, 0.15) is 0 Å². The molecule has 1 rings (SSSR count). The number of hydrogen-bond donors (Lipinski definition) is 3. The van der Waals surface area contributed by atoms with Gasteiger partial charge in [0.25, 0.3) is 0 Å². The summed E-state index contributed by atoms with van der Waals surface area (Å²) in [6, 6.07) is 1.74. The molecule has 0 aliphatic rings. The fraction of sp³-hybridized carbons (Fsp3) is 0.500. The molecule has 3 N–H and O–H groups in total. The molecule has 0 radical (unpaired) electrons. The Balaban J connectivity index is 2.18. The van der Waals surface area contributed by atoms with Crippen molar-refractivity contribution in [1.29, 1.82) is 0 Å². The number of aliphatic hydroxyl groups excluding tert-OH is 1. The predicted octanol–water partition coefficient (Wildman–Crippen LogP) is 2.83. The van der Waals surface area contributed by atoms with Gasteiger partial charge in [-0.1, -0.05) is 6.08 Å². The zero-order valence-electron chi connectivity index (χ0n) is 11.3. The van der Waals surface area contributed by atoms with E-state index in [4.69, 9.17) is 0 Å². The molecule has 1 heterocycles. The molecule has 2 atom stereocenters. The van der Waals surface area contributed by atoms with Crippen LogP contribution in [0.3, 0.4) is 0 Å². The Hall–Kier alpha value is -1.33. The summed E-state index contributed by atoms with van der Waals surface area (Å²) in [6.07, 6.45) is 4.14. The molecule has 0 aliphatic carbocycles. The van der Waals surface area contributed by atoms with Crippen molar-refractivity contribution in [3.8, 4) is 0 Å². The highest BCUT2D eigenvalue weighted by Crippen LogP contribution is 2.14. The number of carbonyl (C=O) groups is 1. The minimum Gasteiger partial charge on any atom is -0.387 e. The number of rotatable bonds is 8. The Morgan fingerprint density at radius 2 is 2.42 bits per heavy atom. The number of carbonyl (C=O) groups excluding carboxylic acids is 1. The summed E-state index contributed by atoms with van der Waals surface area (Å²) in [4.78, 5) is 11.6. The van der Waals surface area contributed by atoms with Crippen LogP contribution in [0, 0.1) is 0 Å². The van der Waals surface area contributed by atoms with Crippen LogP contribution in [0.2, 0.25) is 0 Å². The SMILES string of the molecule is C=CCCCC(C)NC(=O)NCC(O)c1ccsc1. The molecule has 4 nitrogen and oxygen atoms in total. The summed E-state index contributed by atoms with van der Waals surface area (Å²) in [5.74, 6) is 0. The van der Waals surface area contributed by atoms with Crippen molar-refractivity contribution in [2.75, 3.05) is 6.54 Å². The summed E-state index contributed by atoms with van der Waals surface area (Å²) in [7, 11) is 0. The fourth-order valence-electron chi connectivity index (χ4n) is 1.69. The summed E-state index contributed by atoms with van der Waals surface area (Å²) in [5, 5.41) is 19.1. The summed E-state index contributed by atoms with van der Waals surface area (Å²) < 4.78 is 0. The summed E-state index contributed by atoms with van der Waals surface area (Å²) in [5.41, 5.74) is 0.837. The third-order valence-electron chi connectivity index (χ3n) is 2.81. The van der Waals surface area contributed by atoms with Crippen LogP contribution >= 0.6 is 11.3 Å². The normalized spacial score (nSPS) is 13.6. The van der Waals surface area contributed by atoms with Crippen LogP contribution in [0.5, 0.6) is 0 Å². The van der Waals surface area contributed by atoms with Gasteiger partial charge in [-0.15, -0.1) is 6.58 Å². The average molecular weight is 282 g/mol. The lowest BCUT2D eigenvalue weighted by molar-refractivity contribution is 0.173. The molecular weight excluding hydrogens is 260 g/mol. The second kappa shape index (κ2) is 8.72. The first-order valence-corrected chi connectivity index (χ1v) is 7.43. The molecule has 0 spiro atoms. The van der Waals surface area contributed by atoms with E-state index >= 15 is 0 Å². The molecule has 0 aliphatic heterocycles. The van der Waals surface area contributed by atoms with Crippen molar-refractivity contribution >= 4 is 17.4 Å². The Morgan fingerprint density at radius 1 is 1.63 bits per heavy atom. The van der Waals surface area contributed by atoms with E-state index in [0.29, 0.717) is 0 Å². The van der Waals surface area contributed by atoms with E-state index in [1.807, 2.05) is 29.8 Å². The maximum absolute atomic E-state index is 11.6. The lowest BCUT2D eigenvalue weighted by Crippen LogP contribution is -2.42. The van der Waals surface area contributed by atoms with Gasteiger partial charge in [0.15, 0.2) is 0 Å². The second-order valence-corrected chi connectivity index (χ2v) is 5.33. The molecule has 2 amide bonds. The molecule has 5 heteroatoms. The fourth-order valence-corrected chi connectivity index (χ4v) is 2.39. The van der Waals surface area contributed by atoms with Gasteiger partial charge in [-0.25, -0.2) is 4.79 Å². The van der Waals surface area contributed by atoms with Crippen LogP contribution < -0.4 is 10.6 Å². The van der Waals surface area contributed by atoms with Crippen molar-refractivity contribution in [1.82, 2.24) is 10.6 Å². The maximum Gasteiger partial charge on any atom is 0.315 e. The van der Waals surface area contributed by atoms with Gasteiger partial charge < -0.3 is 15.7 Å². The van der Waals surface area contributed by atoms with E-state index in [1.54, 1.807) is 0 Å². The molecule has 0 fully saturated rings. The molecule has 106 valence electrons. The van der Waals surface area contributed by atoms with E-state index in [-0.39, 0.29) is 18.6 Å². The maximum atomic E-state index is 11.6. The number of allylic oxidation sites excluding steroid dienone is 1. The van der Waals surface area contributed by atoms with Crippen LogP contribution in [-0.2, 0) is 0 Å². The Bertz CT molecular complexity index is 379. The van der Waals surface area contributed by atoms with Crippen LogP contribution in [-0.4, -0.2) is 23.7 Å². The Labute approximate surface area is 118 Å². The Morgan fingerprint density at radius 3 is 3.05 bits per heavy atom. The summed E-state index contributed by atoms with van der Waals surface area (Å²) >= 11 is 1.53. The molecule has 0 saturated heterocycles. The average Bonchev–Trinajstić information content (AvgIpc) is 2.90. The molecular formula is C14H22N2O2S. The van der Waals surface area contributed by atoms with E-state index in [2.05, 4.69) is 17.2 Å². The molecule has 19 heavy (non-hydrogen) atoms. The van der Waals surface area contributed by atoms with Crippen molar-refractivity contribution in [2.45, 2.75) is 38.3 Å². The minimum absolute atomic E-state index is 0.123. The summed E-state index contributed by atoms with van der Waals surface area (Å²) in [6.45, 7) is 5.86. The molecule has 2 unspecified atom stereocenters. The lowest BCUT2D eigenvalue weighted by Gasteiger charge is -2.15. The van der Waals surface area contributed by atoms with Crippen molar-refractivity contribution in [3.63, 3.8) is 0 Å². The third-order valence-corrected chi connectivity index (χ3v) is 3.51. The van der Waals surface area contributed by atoms with Crippen molar-refractivity contribution in [3.05, 3.63) is 35.0 Å². The number of thiophene rings is 1. The first-order valence-electron chi connectivity index (χ1n) is 6.49. The van der Waals surface area contributed by atoms with Crippen LogP contribution in [0.25, 0.3) is 0 Å². The van der Waals surface area contributed by atoms with Crippen LogP contribution in [0.15, 0.2) is 29.5 Å². The van der Waals surface area contributed by atoms with Gasteiger partial charge in [0.05, 0.1) is 6.10 Å². The molecule has 1 aromatic rings. The zero-order valence-corrected chi connectivity index (χ0v) is 12.1. The van der Waals surface area contributed by atoms with Gasteiger partial charge in [0.2, 0.25) is 0 Å². The molecule has 0 aromatic carbocycles. The van der Waals surface area contributed by atoms with Gasteiger partial charge >= 0.3 is 6.03 Å². The first-order chi connectivity index (χ1) is 9.13. The number of urea groups is 1. The highest BCUT2D eigenvalue weighted by Gasteiger charge is 2.11. The highest BCUT2D eigenvalue weighted by molar-refractivity contribution is 7.07. The number of unbranched alkanes of at least 4 members (excludes halogenated alkanes) is 1. The number of hydrogen-bond acceptors (Lipinski definition) is 3. The largest absolute Gasteiger partial charge is 0.387 e. The van der Waals surface area contributed by atoms with E-state index < -0.39 is 6.10 Å². The lowest BCUT2D eigenvalue weighted by atomic mass is 10.1. The third kappa shape index (κ3) is 6.40. The Kier molecular flexibility index (Phi) is 7.22. The van der Waals surface area contributed by atoms with E-state index in [0.717, 1.165) is 24.8 Å². The van der Waals surface area contributed by atoms with Gasteiger partial charge in [-0.3, -0.25) is 0 Å². The number of aliphatic hydroxyl groups is 1. The topological polar surface area (TPSA) is 61.4 Å². The van der Waals surface area contributed by atoms with Gasteiger partial charge in [0, 0.05) is 12.6 Å². The minimum atomic E-state index is -0.645.